The molecule has 5 nitrogen and oxygen atoms in total. The van der Waals surface area contributed by atoms with Gasteiger partial charge in [0, 0.05) is 43.7 Å². The number of furan rings is 3. The molecule has 0 spiro atoms. The fourth-order valence-corrected chi connectivity index (χ4v) is 9.13. The van der Waals surface area contributed by atoms with E-state index in [9.17, 15) is 0 Å². The molecule has 0 aliphatic carbocycles. The van der Waals surface area contributed by atoms with E-state index in [0.717, 1.165) is 111 Å². The highest BCUT2D eigenvalue weighted by atomic mass is 16.3. The van der Waals surface area contributed by atoms with Gasteiger partial charge in [-0.05, 0) is 89.0 Å². The summed E-state index contributed by atoms with van der Waals surface area (Å²) in [4.78, 5) is 2.12. The fourth-order valence-electron chi connectivity index (χ4n) is 9.13. The highest BCUT2D eigenvalue weighted by Crippen LogP contribution is 2.45. The van der Waals surface area contributed by atoms with Crippen LogP contribution in [0.25, 0.3) is 105 Å². The van der Waals surface area contributed by atoms with Crippen molar-refractivity contribution >= 4 is 93.9 Å². The molecule has 0 radical (unpaired) electrons. The third-order valence-corrected chi connectivity index (χ3v) is 11.9. The Labute approximate surface area is 356 Å². The van der Waals surface area contributed by atoms with Crippen molar-refractivity contribution in [1.29, 1.82) is 0 Å². The average molecular weight is 788 g/mol. The van der Waals surface area contributed by atoms with Crippen molar-refractivity contribution in [2.24, 2.45) is 0 Å². The first kappa shape index (κ1) is 29.0. The SMILES string of the molecule is [2H]c1c([2H])c([2H])c(-c2ccc(N(c3ccc(-c4ccc5c(c4)oc4c5c5ccccc5n4-c4cccc5c4oc4ccccc45)cc3)c3cccc4c3oc3ccccc34)cc2)c([2H])c1[2H]. The topological polar surface area (TPSA) is 47.6 Å². The Morgan fingerprint density at radius 1 is 0.410 bits per heavy atom. The molecule has 5 heteroatoms. The molecule has 0 saturated carbocycles. The van der Waals surface area contributed by atoms with Gasteiger partial charge in [-0.1, -0.05) is 139 Å². The van der Waals surface area contributed by atoms with E-state index in [2.05, 4.69) is 113 Å². The van der Waals surface area contributed by atoms with E-state index in [4.69, 9.17) is 20.1 Å². The van der Waals surface area contributed by atoms with Crippen molar-refractivity contribution in [3.8, 4) is 27.9 Å². The zero-order valence-corrected chi connectivity index (χ0v) is 32.4. The van der Waals surface area contributed by atoms with Crippen LogP contribution in [0.5, 0.6) is 0 Å². The first-order chi connectivity index (χ1) is 32.3. The summed E-state index contributed by atoms with van der Waals surface area (Å²) >= 11 is 0. The van der Waals surface area contributed by atoms with Crippen molar-refractivity contribution in [3.05, 3.63) is 206 Å². The molecule has 13 aromatic rings. The summed E-state index contributed by atoms with van der Waals surface area (Å²) in [5, 5.41) is 7.28. The second-order valence-electron chi connectivity index (χ2n) is 15.3. The van der Waals surface area contributed by atoms with Gasteiger partial charge in [-0.25, -0.2) is 0 Å². The molecule has 0 unspecified atom stereocenters. The predicted octanol–water partition coefficient (Wildman–Crippen LogP) is 16.1. The van der Waals surface area contributed by atoms with E-state index in [1.54, 1.807) is 12.1 Å². The number of anilines is 3. The molecule has 0 fully saturated rings. The summed E-state index contributed by atoms with van der Waals surface area (Å²) in [6.45, 7) is 0. The largest absolute Gasteiger partial charge is 0.454 e. The Morgan fingerprint density at radius 3 is 1.70 bits per heavy atom. The summed E-state index contributed by atoms with van der Waals surface area (Å²) in [6.07, 6.45) is 0. The molecule has 0 bridgehead atoms. The quantitative estimate of drug-likeness (QED) is 0.168. The third kappa shape index (κ3) is 5.14. The van der Waals surface area contributed by atoms with E-state index < -0.39 is 6.04 Å². The lowest BCUT2D eigenvalue weighted by Gasteiger charge is -2.26. The zero-order valence-electron chi connectivity index (χ0n) is 37.4. The molecule has 4 heterocycles. The number of hydrogen-bond donors (Lipinski definition) is 0. The second-order valence-corrected chi connectivity index (χ2v) is 15.3. The summed E-state index contributed by atoms with van der Waals surface area (Å²) in [5.41, 5.74) is 11.8. The van der Waals surface area contributed by atoms with Gasteiger partial charge in [0.25, 0.3) is 0 Å². The summed E-state index contributed by atoms with van der Waals surface area (Å²) in [6, 6.07) is 57.4. The molecule has 0 N–H and O–H groups in total. The van der Waals surface area contributed by atoms with Crippen LogP contribution in [0, 0.1) is 0 Å². The number of hydrogen-bond acceptors (Lipinski definition) is 4. The van der Waals surface area contributed by atoms with Gasteiger partial charge in [0.05, 0.1) is 29.1 Å². The molecule has 286 valence electrons. The van der Waals surface area contributed by atoms with E-state index in [1.165, 1.54) is 0 Å². The van der Waals surface area contributed by atoms with Gasteiger partial charge in [-0.2, -0.15) is 0 Å². The predicted molar refractivity (Wildman–Crippen MR) is 251 cm³/mol. The van der Waals surface area contributed by atoms with Crippen LogP contribution in [0.3, 0.4) is 0 Å². The maximum Gasteiger partial charge on any atom is 0.213 e. The van der Waals surface area contributed by atoms with Crippen LogP contribution in [0.4, 0.5) is 17.1 Å². The molecule has 61 heavy (non-hydrogen) atoms. The van der Waals surface area contributed by atoms with Crippen LogP contribution in [0.15, 0.2) is 219 Å². The highest BCUT2D eigenvalue weighted by Gasteiger charge is 2.23. The Hall–Kier alpha value is -8.28. The minimum Gasteiger partial charge on any atom is -0.454 e. The molecule has 0 atom stereocenters. The second kappa shape index (κ2) is 13.1. The maximum absolute atomic E-state index is 8.59. The highest BCUT2D eigenvalue weighted by molar-refractivity contribution is 6.21. The maximum atomic E-state index is 8.59. The number of para-hydroxylation sites is 5. The Kier molecular flexibility index (Phi) is 6.24. The lowest BCUT2D eigenvalue weighted by atomic mass is 10.0. The summed E-state index contributed by atoms with van der Waals surface area (Å²) in [5.74, 6) is 0. The normalized spacial score (nSPS) is 13.1. The average Bonchev–Trinajstić information content (AvgIpc) is 4.12. The van der Waals surface area contributed by atoms with Crippen LogP contribution in [-0.2, 0) is 0 Å². The number of rotatable bonds is 6. The summed E-state index contributed by atoms with van der Waals surface area (Å²) in [7, 11) is 0. The molecule has 0 aliphatic rings. The van der Waals surface area contributed by atoms with Crippen molar-refractivity contribution in [3.63, 3.8) is 0 Å². The lowest BCUT2D eigenvalue weighted by molar-refractivity contribution is 0.639. The van der Waals surface area contributed by atoms with Crippen molar-refractivity contribution < 1.29 is 20.1 Å². The Bertz CT molecular complexity index is 4100. The molecule has 0 amide bonds. The number of benzene rings is 9. The first-order valence-corrected chi connectivity index (χ1v) is 20.2. The van der Waals surface area contributed by atoms with Crippen LogP contribution in [0.2, 0.25) is 0 Å². The number of aromatic nitrogens is 1. The lowest BCUT2D eigenvalue weighted by Crippen LogP contribution is -2.10. The minimum absolute atomic E-state index is 0.155. The van der Waals surface area contributed by atoms with Gasteiger partial charge < -0.3 is 18.2 Å². The number of nitrogens with zero attached hydrogens (tertiary/aromatic N) is 2. The molecule has 0 saturated heterocycles. The molecular weight excluding hydrogens is 749 g/mol. The van der Waals surface area contributed by atoms with E-state index in [1.807, 2.05) is 60.7 Å². The molecule has 9 aromatic carbocycles. The van der Waals surface area contributed by atoms with Gasteiger partial charge in [-0.15, -0.1) is 0 Å². The van der Waals surface area contributed by atoms with Crippen molar-refractivity contribution in [2.45, 2.75) is 0 Å². The van der Waals surface area contributed by atoms with Gasteiger partial charge in [0.15, 0.2) is 11.2 Å². The van der Waals surface area contributed by atoms with Crippen LogP contribution in [-0.4, -0.2) is 4.57 Å². The minimum atomic E-state index is -0.419. The fraction of sp³-hybridized carbons (Fsp3) is 0. The standard InChI is InChI=1S/C56H34N2O3/c1-2-12-35(13-3-1)36-24-29-39(30-25-36)57(48-20-10-17-43-41-14-5-8-22-50(41)59-54(43)48)40-31-26-37(27-32-40)38-28-33-46-52(34-38)61-56-53(46)45-16-4-7-19-47(45)58(56)49-21-11-18-44-42-15-6-9-23-51(42)60-55(44)49/h1-34H/i1D,2D,3D,12D,13D. The van der Waals surface area contributed by atoms with Gasteiger partial charge in [0.2, 0.25) is 5.71 Å². The molecule has 0 aliphatic heterocycles. The van der Waals surface area contributed by atoms with Crippen molar-refractivity contribution in [1.82, 2.24) is 4.57 Å². The summed E-state index contributed by atoms with van der Waals surface area (Å²) < 4.78 is 63.9. The molecular formula is C56H34N2O3. The third-order valence-electron chi connectivity index (χ3n) is 11.9. The van der Waals surface area contributed by atoms with Crippen LogP contribution >= 0.6 is 0 Å². The van der Waals surface area contributed by atoms with Crippen LogP contribution < -0.4 is 4.90 Å². The van der Waals surface area contributed by atoms with Gasteiger partial charge in [-0.3, -0.25) is 4.57 Å². The van der Waals surface area contributed by atoms with Gasteiger partial charge in [0.1, 0.15) is 16.7 Å². The van der Waals surface area contributed by atoms with E-state index >= 15 is 0 Å². The monoisotopic (exact) mass is 787 g/mol. The Balaban J connectivity index is 0.928. The van der Waals surface area contributed by atoms with E-state index in [0.29, 0.717) is 5.56 Å². The Morgan fingerprint density at radius 2 is 0.984 bits per heavy atom. The molecule has 13 rings (SSSR count). The van der Waals surface area contributed by atoms with Gasteiger partial charge >= 0.3 is 0 Å². The first-order valence-electron chi connectivity index (χ1n) is 22.7. The molecule has 4 aromatic heterocycles. The van der Waals surface area contributed by atoms with Crippen LogP contribution in [0.1, 0.15) is 6.85 Å². The van der Waals surface area contributed by atoms with Crippen molar-refractivity contribution in [2.75, 3.05) is 4.90 Å². The zero-order chi connectivity index (χ0) is 44.4. The van der Waals surface area contributed by atoms with E-state index in [-0.39, 0.29) is 29.7 Å². The number of fused-ring (bicyclic) bond motifs is 11. The smallest absolute Gasteiger partial charge is 0.213 e.